The van der Waals surface area contributed by atoms with E-state index in [1.807, 2.05) is 0 Å². The second-order valence-corrected chi connectivity index (χ2v) is 5.98. The van der Waals surface area contributed by atoms with Crippen molar-refractivity contribution in [3.8, 4) is 0 Å². The second-order valence-electron chi connectivity index (χ2n) is 5.98. The molecule has 1 aliphatic carbocycles. The fourth-order valence-electron chi connectivity index (χ4n) is 4.13. The molecule has 2 nitrogen and oxygen atoms in total. The summed E-state index contributed by atoms with van der Waals surface area (Å²) in [4.78, 5) is 2.82. The number of hydrogen-bond acceptors (Lipinski definition) is 2. The van der Waals surface area contributed by atoms with Gasteiger partial charge in [0.1, 0.15) is 0 Å². The van der Waals surface area contributed by atoms with E-state index < -0.39 is 0 Å². The van der Waals surface area contributed by atoms with Crippen molar-refractivity contribution >= 4 is 0 Å². The Morgan fingerprint density at radius 2 is 1.89 bits per heavy atom. The molecule has 1 aliphatic heterocycles. The standard InChI is InChI=1S/C16H30N2/c1-3-5-10-15(17-4-2)16(11-6-7-12-16)18-13-8-9-14-18/h3,15,17H,1,4-14H2,2H3. The van der Waals surface area contributed by atoms with E-state index in [4.69, 9.17) is 0 Å². The Bertz CT molecular complexity index is 250. The first kappa shape index (κ1) is 14.1. The quantitative estimate of drug-likeness (QED) is 0.697. The number of allylic oxidation sites excluding steroid dienone is 1. The van der Waals surface area contributed by atoms with Crippen LogP contribution in [0.25, 0.3) is 0 Å². The van der Waals surface area contributed by atoms with Crippen LogP contribution in [0.3, 0.4) is 0 Å². The molecule has 2 rings (SSSR count). The number of likely N-dealkylation sites (N-methyl/N-ethyl adjacent to an activating group) is 1. The predicted molar refractivity (Wildman–Crippen MR) is 78.9 cm³/mol. The van der Waals surface area contributed by atoms with Gasteiger partial charge in [0.15, 0.2) is 0 Å². The van der Waals surface area contributed by atoms with Gasteiger partial charge in [-0.15, -0.1) is 6.58 Å². The molecule has 1 heterocycles. The van der Waals surface area contributed by atoms with Crippen molar-refractivity contribution in [2.24, 2.45) is 0 Å². The number of rotatable bonds is 7. The van der Waals surface area contributed by atoms with Gasteiger partial charge in [0.25, 0.3) is 0 Å². The molecule has 1 unspecified atom stereocenters. The van der Waals surface area contributed by atoms with Gasteiger partial charge in [-0.1, -0.05) is 25.8 Å². The molecule has 0 amide bonds. The molecule has 1 N–H and O–H groups in total. The number of nitrogens with zero attached hydrogens (tertiary/aromatic N) is 1. The minimum atomic E-state index is 0.468. The van der Waals surface area contributed by atoms with Gasteiger partial charge >= 0.3 is 0 Å². The third-order valence-electron chi connectivity index (χ3n) is 4.96. The van der Waals surface area contributed by atoms with Gasteiger partial charge in [0.05, 0.1) is 0 Å². The first-order chi connectivity index (χ1) is 8.83. The zero-order valence-electron chi connectivity index (χ0n) is 12.1. The van der Waals surface area contributed by atoms with E-state index in [1.54, 1.807) is 0 Å². The van der Waals surface area contributed by atoms with Crippen molar-refractivity contribution in [3.05, 3.63) is 12.7 Å². The Labute approximate surface area is 113 Å². The highest BCUT2D eigenvalue weighted by atomic mass is 15.2. The molecule has 0 aromatic rings. The molecule has 1 atom stereocenters. The van der Waals surface area contributed by atoms with E-state index in [9.17, 15) is 0 Å². The van der Waals surface area contributed by atoms with Crippen LogP contribution >= 0.6 is 0 Å². The first-order valence-corrected chi connectivity index (χ1v) is 7.93. The van der Waals surface area contributed by atoms with Gasteiger partial charge in [0.2, 0.25) is 0 Å². The maximum atomic E-state index is 3.90. The molecule has 0 aromatic heterocycles. The van der Waals surface area contributed by atoms with E-state index in [-0.39, 0.29) is 0 Å². The fourth-order valence-corrected chi connectivity index (χ4v) is 4.13. The van der Waals surface area contributed by atoms with Crippen LogP contribution in [-0.2, 0) is 0 Å². The highest BCUT2D eigenvalue weighted by Gasteiger charge is 2.45. The van der Waals surface area contributed by atoms with Gasteiger partial charge in [-0.05, 0) is 58.2 Å². The summed E-state index contributed by atoms with van der Waals surface area (Å²) >= 11 is 0. The molecule has 0 spiro atoms. The second kappa shape index (κ2) is 6.72. The van der Waals surface area contributed by atoms with Crippen LogP contribution in [0.4, 0.5) is 0 Å². The Balaban J connectivity index is 2.11. The normalized spacial score (nSPS) is 25.4. The molecular formula is C16H30N2. The summed E-state index contributed by atoms with van der Waals surface area (Å²) in [5, 5.41) is 3.79. The van der Waals surface area contributed by atoms with Crippen molar-refractivity contribution in [3.63, 3.8) is 0 Å². The summed E-state index contributed by atoms with van der Waals surface area (Å²) in [6.07, 6.45) is 12.9. The van der Waals surface area contributed by atoms with E-state index in [2.05, 4.69) is 29.8 Å². The summed E-state index contributed by atoms with van der Waals surface area (Å²) in [5.41, 5.74) is 0.468. The molecule has 2 aliphatic rings. The van der Waals surface area contributed by atoms with Crippen LogP contribution in [0, 0.1) is 0 Å². The number of hydrogen-bond donors (Lipinski definition) is 1. The highest BCUT2D eigenvalue weighted by molar-refractivity contribution is 5.05. The third kappa shape index (κ3) is 2.80. The minimum Gasteiger partial charge on any atom is -0.312 e. The molecule has 1 saturated carbocycles. The lowest BCUT2D eigenvalue weighted by molar-refractivity contribution is 0.0740. The molecule has 18 heavy (non-hydrogen) atoms. The molecule has 0 aromatic carbocycles. The van der Waals surface area contributed by atoms with Crippen molar-refractivity contribution in [1.82, 2.24) is 10.2 Å². The summed E-state index contributed by atoms with van der Waals surface area (Å²) < 4.78 is 0. The topological polar surface area (TPSA) is 15.3 Å². The molecule has 104 valence electrons. The minimum absolute atomic E-state index is 0.468. The van der Waals surface area contributed by atoms with Crippen LogP contribution in [0.15, 0.2) is 12.7 Å². The summed E-state index contributed by atoms with van der Waals surface area (Å²) in [5.74, 6) is 0. The summed E-state index contributed by atoms with van der Waals surface area (Å²) in [6.45, 7) is 9.90. The smallest absolute Gasteiger partial charge is 0.0362 e. The van der Waals surface area contributed by atoms with Crippen LogP contribution in [0.1, 0.15) is 58.3 Å². The Morgan fingerprint density at radius 1 is 1.22 bits per heavy atom. The van der Waals surface area contributed by atoms with Gasteiger partial charge in [-0.3, -0.25) is 4.90 Å². The maximum absolute atomic E-state index is 3.90. The molecule has 2 heteroatoms. The summed E-state index contributed by atoms with van der Waals surface area (Å²) in [7, 11) is 0. The van der Waals surface area contributed by atoms with Crippen LogP contribution in [-0.4, -0.2) is 36.1 Å². The lowest BCUT2D eigenvalue weighted by Gasteiger charge is -2.45. The van der Waals surface area contributed by atoms with Crippen LogP contribution in [0.5, 0.6) is 0 Å². The Morgan fingerprint density at radius 3 is 2.44 bits per heavy atom. The van der Waals surface area contributed by atoms with E-state index in [0.29, 0.717) is 11.6 Å². The van der Waals surface area contributed by atoms with Gasteiger partial charge in [-0.2, -0.15) is 0 Å². The van der Waals surface area contributed by atoms with Crippen molar-refractivity contribution in [1.29, 1.82) is 0 Å². The zero-order valence-corrected chi connectivity index (χ0v) is 12.1. The van der Waals surface area contributed by atoms with E-state index in [1.165, 1.54) is 58.0 Å². The average molecular weight is 250 g/mol. The lowest BCUT2D eigenvalue weighted by atomic mass is 9.83. The average Bonchev–Trinajstić information content (AvgIpc) is 3.04. The molecule has 2 fully saturated rings. The molecule has 0 radical (unpaired) electrons. The summed E-state index contributed by atoms with van der Waals surface area (Å²) in [6, 6.07) is 0.668. The van der Waals surface area contributed by atoms with Crippen LogP contribution < -0.4 is 5.32 Å². The largest absolute Gasteiger partial charge is 0.312 e. The van der Waals surface area contributed by atoms with Crippen LogP contribution in [0.2, 0.25) is 0 Å². The molecule has 0 bridgehead atoms. The van der Waals surface area contributed by atoms with Gasteiger partial charge in [-0.25, -0.2) is 0 Å². The first-order valence-electron chi connectivity index (χ1n) is 7.93. The van der Waals surface area contributed by atoms with Gasteiger partial charge < -0.3 is 5.32 Å². The Kier molecular flexibility index (Phi) is 5.25. The third-order valence-corrected chi connectivity index (χ3v) is 4.96. The van der Waals surface area contributed by atoms with Crippen molar-refractivity contribution in [2.45, 2.75) is 69.9 Å². The fraction of sp³-hybridized carbons (Fsp3) is 0.875. The lowest BCUT2D eigenvalue weighted by Crippen LogP contribution is -2.59. The van der Waals surface area contributed by atoms with Crippen molar-refractivity contribution in [2.75, 3.05) is 19.6 Å². The number of likely N-dealkylation sites (tertiary alicyclic amines) is 1. The molecule has 1 saturated heterocycles. The predicted octanol–water partition coefficient (Wildman–Crippen LogP) is 3.34. The van der Waals surface area contributed by atoms with E-state index in [0.717, 1.165) is 13.0 Å². The highest BCUT2D eigenvalue weighted by Crippen LogP contribution is 2.41. The van der Waals surface area contributed by atoms with Gasteiger partial charge in [0, 0.05) is 11.6 Å². The zero-order chi connectivity index (χ0) is 12.8. The molecular weight excluding hydrogens is 220 g/mol. The van der Waals surface area contributed by atoms with Crippen molar-refractivity contribution < 1.29 is 0 Å². The Hall–Kier alpha value is -0.340. The number of nitrogens with one attached hydrogen (secondary N) is 1. The maximum Gasteiger partial charge on any atom is 0.0362 e. The monoisotopic (exact) mass is 250 g/mol. The van der Waals surface area contributed by atoms with E-state index >= 15 is 0 Å². The SMILES string of the molecule is C=CCCC(NCC)C1(N2CCCC2)CCCC1.